The van der Waals surface area contributed by atoms with Crippen molar-refractivity contribution in [2.75, 3.05) is 6.54 Å². The van der Waals surface area contributed by atoms with Crippen LogP contribution in [0.5, 0.6) is 0 Å². The smallest absolute Gasteiger partial charge is 0.0551 e. The highest BCUT2D eigenvalue weighted by molar-refractivity contribution is 5.01. The van der Waals surface area contributed by atoms with Crippen LogP contribution in [-0.4, -0.2) is 6.54 Å². The first-order valence-corrected chi connectivity index (χ1v) is 3.22. The van der Waals surface area contributed by atoms with Gasteiger partial charge in [-0.2, -0.15) is 0 Å². The molecule has 0 atom stereocenters. The highest BCUT2D eigenvalue weighted by Gasteiger charge is 2.05. The Balaban J connectivity index is 3.50. The van der Waals surface area contributed by atoms with Crippen LogP contribution in [-0.2, 0) is 0 Å². The van der Waals surface area contributed by atoms with E-state index in [2.05, 4.69) is 32.6 Å². The van der Waals surface area contributed by atoms with Gasteiger partial charge in [-0.25, -0.2) is 0 Å². The number of hydrogen-bond acceptors (Lipinski definition) is 1. The minimum Gasteiger partial charge on any atom is -0.320 e. The van der Waals surface area contributed by atoms with Crippen molar-refractivity contribution in [1.29, 1.82) is 0 Å². The topological polar surface area (TPSA) is 26.0 Å². The fourth-order valence-corrected chi connectivity index (χ4v) is 0.400. The van der Waals surface area contributed by atoms with Gasteiger partial charge in [-0.3, -0.25) is 0 Å². The predicted molar refractivity (Wildman–Crippen MR) is 40.9 cm³/mol. The summed E-state index contributed by atoms with van der Waals surface area (Å²) in [5.41, 5.74) is 5.51. The standard InChI is InChI=1S/C8H15N/c1-8(2,3)6-4-5-7-9/h6-7,9H2,1-3H3. The molecule has 0 aromatic heterocycles. The predicted octanol–water partition coefficient (Wildman–Crippen LogP) is 1.38. The van der Waals surface area contributed by atoms with Crippen LogP contribution in [0.2, 0.25) is 0 Å². The molecule has 52 valence electrons. The Kier molecular flexibility index (Phi) is 3.34. The summed E-state index contributed by atoms with van der Waals surface area (Å²) in [6.45, 7) is 6.98. The summed E-state index contributed by atoms with van der Waals surface area (Å²) in [5.74, 6) is 5.83. The molecule has 0 unspecified atom stereocenters. The van der Waals surface area contributed by atoms with Crippen molar-refractivity contribution < 1.29 is 0 Å². The van der Waals surface area contributed by atoms with E-state index >= 15 is 0 Å². The first-order chi connectivity index (χ1) is 4.06. The summed E-state index contributed by atoms with van der Waals surface area (Å²) >= 11 is 0. The van der Waals surface area contributed by atoms with Gasteiger partial charge < -0.3 is 5.73 Å². The molecule has 0 spiro atoms. The molecule has 2 N–H and O–H groups in total. The summed E-state index contributed by atoms with van der Waals surface area (Å²) in [6, 6.07) is 0. The Morgan fingerprint density at radius 2 is 1.78 bits per heavy atom. The zero-order chi connectivity index (χ0) is 7.33. The van der Waals surface area contributed by atoms with E-state index in [4.69, 9.17) is 5.73 Å². The Hall–Kier alpha value is -0.480. The Morgan fingerprint density at radius 3 is 2.11 bits per heavy atom. The fourth-order valence-electron chi connectivity index (χ4n) is 0.400. The second-order valence-corrected chi connectivity index (χ2v) is 3.30. The lowest BCUT2D eigenvalue weighted by atomic mass is 9.93. The third kappa shape index (κ3) is 7.52. The zero-order valence-corrected chi connectivity index (χ0v) is 6.49. The van der Waals surface area contributed by atoms with Crippen LogP contribution < -0.4 is 5.73 Å². The molecule has 0 rings (SSSR count). The van der Waals surface area contributed by atoms with Crippen molar-refractivity contribution in [3.63, 3.8) is 0 Å². The van der Waals surface area contributed by atoms with E-state index in [0.717, 1.165) is 6.42 Å². The fraction of sp³-hybridized carbons (Fsp3) is 0.750. The van der Waals surface area contributed by atoms with Gasteiger partial charge >= 0.3 is 0 Å². The Bertz CT molecular complexity index is 120. The minimum atomic E-state index is 0.322. The van der Waals surface area contributed by atoms with E-state index in [1.807, 2.05) is 0 Å². The average Bonchev–Trinajstić information content (AvgIpc) is 1.63. The molecule has 9 heavy (non-hydrogen) atoms. The van der Waals surface area contributed by atoms with Gasteiger partial charge in [0.2, 0.25) is 0 Å². The van der Waals surface area contributed by atoms with Crippen LogP contribution in [0.4, 0.5) is 0 Å². The first kappa shape index (κ1) is 8.52. The van der Waals surface area contributed by atoms with Crippen LogP contribution in [0.3, 0.4) is 0 Å². The lowest BCUT2D eigenvalue weighted by Crippen LogP contribution is -2.02. The van der Waals surface area contributed by atoms with E-state index in [0.29, 0.717) is 12.0 Å². The third-order valence-corrected chi connectivity index (χ3v) is 0.846. The van der Waals surface area contributed by atoms with Crippen LogP contribution in [0.25, 0.3) is 0 Å². The molecule has 1 nitrogen and oxygen atoms in total. The molecule has 0 heterocycles. The Labute approximate surface area is 57.6 Å². The second kappa shape index (κ2) is 3.53. The van der Waals surface area contributed by atoms with Gasteiger partial charge in [-0.1, -0.05) is 26.7 Å². The van der Waals surface area contributed by atoms with Gasteiger partial charge in [0, 0.05) is 6.42 Å². The lowest BCUT2D eigenvalue weighted by molar-refractivity contribution is 0.428. The van der Waals surface area contributed by atoms with Crippen LogP contribution in [0.1, 0.15) is 27.2 Å². The van der Waals surface area contributed by atoms with Crippen molar-refractivity contribution in [2.24, 2.45) is 11.1 Å². The molecule has 0 aliphatic heterocycles. The van der Waals surface area contributed by atoms with Gasteiger partial charge in [0.25, 0.3) is 0 Å². The summed E-state index contributed by atoms with van der Waals surface area (Å²) in [4.78, 5) is 0. The molecule has 0 aliphatic carbocycles. The summed E-state index contributed by atoms with van der Waals surface area (Å²) < 4.78 is 0. The van der Waals surface area contributed by atoms with Gasteiger partial charge in [0.15, 0.2) is 0 Å². The number of nitrogens with two attached hydrogens (primary N) is 1. The number of hydrogen-bond donors (Lipinski definition) is 1. The molecule has 0 saturated carbocycles. The van der Waals surface area contributed by atoms with E-state index in [1.165, 1.54) is 0 Å². The molecule has 0 bridgehead atoms. The summed E-state index contributed by atoms with van der Waals surface area (Å²) in [6.07, 6.45) is 0.935. The van der Waals surface area contributed by atoms with Crippen LogP contribution >= 0.6 is 0 Å². The maximum absolute atomic E-state index is 5.18. The molecule has 0 aliphatic rings. The largest absolute Gasteiger partial charge is 0.320 e. The minimum absolute atomic E-state index is 0.322. The maximum Gasteiger partial charge on any atom is 0.0551 e. The molecule has 0 amide bonds. The molecular formula is C8H15N. The SMILES string of the molecule is CC(C)(C)CC#CCN. The summed E-state index contributed by atoms with van der Waals surface area (Å²) in [7, 11) is 0. The van der Waals surface area contributed by atoms with Gasteiger partial charge in [0.1, 0.15) is 0 Å². The second-order valence-electron chi connectivity index (χ2n) is 3.30. The number of rotatable bonds is 0. The molecule has 0 aromatic carbocycles. The van der Waals surface area contributed by atoms with Gasteiger partial charge in [0.05, 0.1) is 6.54 Å². The third-order valence-electron chi connectivity index (χ3n) is 0.846. The van der Waals surface area contributed by atoms with Crippen molar-refractivity contribution in [2.45, 2.75) is 27.2 Å². The molecule has 0 saturated heterocycles. The zero-order valence-electron chi connectivity index (χ0n) is 6.49. The molecular weight excluding hydrogens is 110 g/mol. The van der Waals surface area contributed by atoms with Crippen LogP contribution in [0, 0.1) is 17.3 Å². The average molecular weight is 125 g/mol. The van der Waals surface area contributed by atoms with E-state index in [-0.39, 0.29) is 0 Å². The lowest BCUT2D eigenvalue weighted by Gasteiger charge is -2.12. The van der Waals surface area contributed by atoms with E-state index in [9.17, 15) is 0 Å². The molecule has 0 fully saturated rings. The monoisotopic (exact) mass is 125 g/mol. The molecule has 0 aromatic rings. The van der Waals surface area contributed by atoms with Crippen molar-refractivity contribution in [1.82, 2.24) is 0 Å². The van der Waals surface area contributed by atoms with Crippen molar-refractivity contribution in [3.05, 3.63) is 0 Å². The van der Waals surface area contributed by atoms with Crippen molar-refractivity contribution >= 4 is 0 Å². The summed E-state index contributed by atoms with van der Waals surface area (Å²) in [5, 5.41) is 0. The maximum atomic E-state index is 5.18. The van der Waals surface area contributed by atoms with Gasteiger partial charge in [-0.15, -0.1) is 5.92 Å². The van der Waals surface area contributed by atoms with E-state index < -0.39 is 0 Å². The first-order valence-electron chi connectivity index (χ1n) is 3.22. The quantitative estimate of drug-likeness (QED) is 0.486. The normalized spacial score (nSPS) is 10.2. The molecule has 0 radical (unpaired) electrons. The van der Waals surface area contributed by atoms with Crippen molar-refractivity contribution in [3.8, 4) is 11.8 Å². The highest BCUT2D eigenvalue weighted by Crippen LogP contribution is 2.16. The van der Waals surface area contributed by atoms with Gasteiger partial charge in [-0.05, 0) is 5.41 Å². The van der Waals surface area contributed by atoms with E-state index in [1.54, 1.807) is 0 Å². The molecule has 1 heteroatoms. The Morgan fingerprint density at radius 1 is 1.22 bits per heavy atom. The highest BCUT2D eigenvalue weighted by atomic mass is 14.5. The van der Waals surface area contributed by atoms with Crippen LogP contribution in [0.15, 0.2) is 0 Å².